The smallest absolute Gasteiger partial charge is 0.161 e. The first-order chi connectivity index (χ1) is 10.2. The Kier molecular flexibility index (Phi) is 3.96. The van der Waals surface area contributed by atoms with E-state index in [1.807, 2.05) is 42.0 Å². The van der Waals surface area contributed by atoms with Crippen LogP contribution in [-0.4, -0.2) is 19.5 Å². The van der Waals surface area contributed by atoms with Crippen LogP contribution in [0, 0.1) is 6.92 Å². The van der Waals surface area contributed by atoms with Crippen LogP contribution in [0.1, 0.15) is 11.5 Å². The first kappa shape index (κ1) is 13.8. The van der Waals surface area contributed by atoms with Crippen LogP contribution in [0.4, 0.5) is 5.69 Å². The fourth-order valence-corrected chi connectivity index (χ4v) is 2.26. The first-order valence-electron chi connectivity index (χ1n) is 6.53. The largest absolute Gasteiger partial charge is 0.376 e. The zero-order valence-corrected chi connectivity index (χ0v) is 13.1. The Hall–Kier alpha value is -2.21. The number of nitrogens with zero attached hydrogens (tertiary/aromatic N) is 4. The number of anilines is 1. The summed E-state index contributed by atoms with van der Waals surface area (Å²) >= 11 is 3.38. The maximum Gasteiger partial charge on any atom is 0.161 e. The van der Waals surface area contributed by atoms with E-state index in [-0.39, 0.29) is 0 Å². The molecule has 0 atom stereocenters. The van der Waals surface area contributed by atoms with Gasteiger partial charge >= 0.3 is 0 Å². The zero-order valence-electron chi connectivity index (χ0n) is 11.5. The lowest BCUT2D eigenvalue weighted by molar-refractivity contribution is 0.926. The number of halogens is 1. The van der Waals surface area contributed by atoms with Gasteiger partial charge in [-0.2, -0.15) is 0 Å². The van der Waals surface area contributed by atoms with Gasteiger partial charge in [0.15, 0.2) is 5.82 Å². The summed E-state index contributed by atoms with van der Waals surface area (Å²) in [6, 6.07) is 7.87. The molecule has 106 valence electrons. The van der Waals surface area contributed by atoms with Crippen molar-refractivity contribution in [3.8, 4) is 5.82 Å². The number of aromatic nitrogens is 4. The number of nitrogens with one attached hydrogen (secondary N) is 1. The normalized spacial score (nSPS) is 10.6. The summed E-state index contributed by atoms with van der Waals surface area (Å²) in [4.78, 5) is 13.0. The number of imidazole rings is 1. The van der Waals surface area contributed by atoms with Crippen molar-refractivity contribution in [3.05, 3.63) is 65.0 Å². The second kappa shape index (κ2) is 6.05. The molecule has 0 radical (unpaired) electrons. The summed E-state index contributed by atoms with van der Waals surface area (Å²) in [7, 11) is 0. The lowest BCUT2D eigenvalue weighted by Gasteiger charge is -2.12. The number of rotatable bonds is 4. The van der Waals surface area contributed by atoms with Crippen LogP contribution in [0.2, 0.25) is 0 Å². The molecular formula is C15H14BrN5. The molecule has 3 heterocycles. The van der Waals surface area contributed by atoms with Crippen molar-refractivity contribution in [2.45, 2.75) is 13.5 Å². The molecule has 0 spiro atoms. The monoisotopic (exact) mass is 343 g/mol. The van der Waals surface area contributed by atoms with Crippen molar-refractivity contribution in [1.82, 2.24) is 19.5 Å². The molecule has 3 aromatic heterocycles. The molecule has 1 N–H and O–H groups in total. The zero-order chi connectivity index (χ0) is 14.7. The van der Waals surface area contributed by atoms with Gasteiger partial charge in [-0.25, -0.2) is 9.97 Å². The van der Waals surface area contributed by atoms with Crippen LogP contribution in [0.5, 0.6) is 0 Å². The molecule has 0 unspecified atom stereocenters. The van der Waals surface area contributed by atoms with Crippen LogP contribution in [0.25, 0.3) is 5.82 Å². The molecule has 0 aromatic carbocycles. The molecule has 0 aliphatic rings. The molecule has 0 aliphatic carbocycles. The molecule has 3 rings (SSSR count). The van der Waals surface area contributed by atoms with Gasteiger partial charge in [0.05, 0.1) is 17.9 Å². The van der Waals surface area contributed by atoms with Gasteiger partial charge in [0, 0.05) is 29.3 Å². The average Bonchev–Trinajstić information content (AvgIpc) is 2.93. The summed E-state index contributed by atoms with van der Waals surface area (Å²) in [5, 5.41) is 3.38. The lowest BCUT2D eigenvalue weighted by Crippen LogP contribution is -2.07. The van der Waals surface area contributed by atoms with Crippen molar-refractivity contribution in [1.29, 1.82) is 0 Å². The highest BCUT2D eigenvalue weighted by molar-refractivity contribution is 9.10. The molecule has 0 bridgehead atoms. The predicted octanol–water partition coefficient (Wildman–Crippen LogP) is 3.35. The summed E-state index contributed by atoms with van der Waals surface area (Å²) in [6.45, 7) is 2.59. The highest BCUT2D eigenvalue weighted by Crippen LogP contribution is 2.19. The van der Waals surface area contributed by atoms with E-state index in [1.165, 1.54) is 0 Å². The minimum atomic E-state index is 0.639. The molecule has 0 saturated carbocycles. The number of hydrogen-bond acceptors (Lipinski definition) is 4. The van der Waals surface area contributed by atoms with Gasteiger partial charge in [-0.1, -0.05) is 0 Å². The van der Waals surface area contributed by atoms with E-state index in [4.69, 9.17) is 0 Å². The van der Waals surface area contributed by atoms with Crippen molar-refractivity contribution in [3.63, 3.8) is 0 Å². The Labute approximate surface area is 131 Å². The third kappa shape index (κ3) is 3.11. The number of aryl methyl sites for hydroxylation is 1. The van der Waals surface area contributed by atoms with E-state index in [2.05, 4.69) is 36.2 Å². The predicted molar refractivity (Wildman–Crippen MR) is 85.4 cm³/mol. The van der Waals surface area contributed by atoms with Crippen molar-refractivity contribution < 1.29 is 0 Å². The summed E-state index contributed by atoms with van der Waals surface area (Å²) < 4.78 is 2.93. The highest BCUT2D eigenvalue weighted by Gasteiger charge is 2.07. The third-order valence-electron chi connectivity index (χ3n) is 3.09. The fourth-order valence-electron chi connectivity index (χ4n) is 2.03. The minimum absolute atomic E-state index is 0.639. The molecule has 0 amide bonds. The van der Waals surface area contributed by atoms with Crippen LogP contribution in [0.15, 0.2) is 53.5 Å². The Morgan fingerprint density at radius 1 is 1.14 bits per heavy atom. The van der Waals surface area contributed by atoms with Crippen LogP contribution in [-0.2, 0) is 6.54 Å². The van der Waals surface area contributed by atoms with Crippen molar-refractivity contribution in [2.24, 2.45) is 0 Å². The second-order valence-electron chi connectivity index (χ2n) is 4.54. The van der Waals surface area contributed by atoms with Gasteiger partial charge in [0.25, 0.3) is 0 Å². The second-order valence-corrected chi connectivity index (χ2v) is 5.46. The molecule has 0 fully saturated rings. The van der Waals surface area contributed by atoms with Crippen molar-refractivity contribution >= 4 is 21.6 Å². The minimum Gasteiger partial charge on any atom is -0.376 e. The van der Waals surface area contributed by atoms with E-state index in [1.54, 1.807) is 18.6 Å². The highest BCUT2D eigenvalue weighted by atomic mass is 79.9. The van der Waals surface area contributed by atoms with Crippen molar-refractivity contribution in [2.75, 3.05) is 5.32 Å². The van der Waals surface area contributed by atoms with E-state index < -0.39 is 0 Å². The van der Waals surface area contributed by atoms with Gasteiger partial charge in [0.1, 0.15) is 5.82 Å². The fraction of sp³-hybridized carbons (Fsp3) is 0.133. The maximum absolute atomic E-state index is 4.44. The van der Waals surface area contributed by atoms with Gasteiger partial charge in [-0.15, -0.1) is 0 Å². The van der Waals surface area contributed by atoms with Gasteiger partial charge < -0.3 is 5.32 Å². The summed E-state index contributed by atoms with van der Waals surface area (Å²) in [5.74, 6) is 1.74. The summed E-state index contributed by atoms with van der Waals surface area (Å²) in [5.41, 5.74) is 1.92. The van der Waals surface area contributed by atoms with Crippen LogP contribution in [0.3, 0.4) is 0 Å². The lowest BCUT2D eigenvalue weighted by atomic mass is 10.3. The third-order valence-corrected chi connectivity index (χ3v) is 3.56. The molecule has 6 heteroatoms. The van der Waals surface area contributed by atoms with Gasteiger partial charge in [-0.05, 0) is 47.1 Å². The van der Waals surface area contributed by atoms with E-state index in [9.17, 15) is 0 Å². The molecule has 21 heavy (non-hydrogen) atoms. The van der Waals surface area contributed by atoms with E-state index in [0.717, 1.165) is 27.5 Å². The van der Waals surface area contributed by atoms with Crippen LogP contribution < -0.4 is 5.32 Å². The van der Waals surface area contributed by atoms with Crippen LogP contribution >= 0.6 is 15.9 Å². The Morgan fingerprint density at radius 3 is 2.76 bits per heavy atom. The van der Waals surface area contributed by atoms with Gasteiger partial charge in [0.2, 0.25) is 0 Å². The van der Waals surface area contributed by atoms with E-state index >= 15 is 0 Å². The number of pyridine rings is 2. The molecule has 5 nitrogen and oxygen atoms in total. The Balaban J connectivity index is 1.83. The molecular weight excluding hydrogens is 330 g/mol. The molecule has 0 aliphatic heterocycles. The van der Waals surface area contributed by atoms with Gasteiger partial charge in [-0.3, -0.25) is 9.55 Å². The molecule has 0 saturated heterocycles. The summed E-state index contributed by atoms with van der Waals surface area (Å²) in [6.07, 6.45) is 7.24. The Morgan fingerprint density at radius 2 is 2.05 bits per heavy atom. The Bertz CT molecular complexity index is 736. The standard InChI is InChI=1S/C15H14BrN5/c1-11-17-7-8-21(11)15-14(3-2-6-18-15)20-10-13-5-4-12(16)9-19-13/h2-9,20H,10H2,1H3. The topological polar surface area (TPSA) is 55.6 Å². The number of hydrogen-bond donors (Lipinski definition) is 1. The quantitative estimate of drug-likeness (QED) is 0.789. The van der Waals surface area contributed by atoms with E-state index in [0.29, 0.717) is 6.54 Å². The first-order valence-corrected chi connectivity index (χ1v) is 7.33. The SMILES string of the molecule is Cc1nccn1-c1ncccc1NCc1ccc(Br)cn1. The average molecular weight is 344 g/mol. The molecule has 3 aromatic rings. The maximum atomic E-state index is 4.44.